The minimum absolute atomic E-state index is 0.103. The molecule has 0 radical (unpaired) electrons. The van der Waals surface area contributed by atoms with Crippen molar-refractivity contribution in [3.05, 3.63) is 33.9 Å². The Morgan fingerprint density at radius 2 is 2.21 bits per heavy atom. The monoisotopic (exact) mass is 266 g/mol. The number of rotatable bonds is 7. The second-order valence-corrected chi connectivity index (χ2v) is 4.46. The van der Waals surface area contributed by atoms with Gasteiger partial charge in [0, 0.05) is 6.07 Å². The SMILES string of the molecule is CCCCC(Nc1cc(C)ccc1[N+](=O)[O-])C(=O)O. The van der Waals surface area contributed by atoms with Gasteiger partial charge in [0.05, 0.1) is 4.92 Å². The van der Waals surface area contributed by atoms with Gasteiger partial charge in [0.25, 0.3) is 5.69 Å². The third-order valence-electron chi connectivity index (χ3n) is 2.82. The molecule has 1 atom stereocenters. The van der Waals surface area contributed by atoms with Crippen LogP contribution in [0.25, 0.3) is 0 Å². The predicted octanol–water partition coefficient (Wildman–Crippen LogP) is 2.96. The third kappa shape index (κ3) is 4.24. The van der Waals surface area contributed by atoms with Gasteiger partial charge in [-0.1, -0.05) is 25.8 Å². The van der Waals surface area contributed by atoms with Crippen LogP contribution >= 0.6 is 0 Å². The highest BCUT2D eigenvalue weighted by atomic mass is 16.6. The maximum Gasteiger partial charge on any atom is 0.326 e. The molecule has 1 aromatic rings. The zero-order chi connectivity index (χ0) is 14.4. The first-order valence-electron chi connectivity index (χ1n) is 6.20. The lowest BCUT2D eigenvalue weighted by Gasteiger charge is -2.15. The summed E-state index contributed by atoms with van der Waals surface area (Å²) < 4.78 is 0. The Balaban J connectivity index is 2.97. The van der Waals surface area contributed by atoms with Gasteiger partial charge in [-0.2, -0.15) is 0 Å². The molecule has 0 aliphatic carbocycles. The number of carboxylic acids is 1. The summed E-state index contributed by atoms with van der Waals surface area (Å²) in [6, 6.07) is 3.81. The fraction of sp³-hybridized carbons (Fsp3) is 0.462. The fourth-order valence-corrected chi connectivity index (χ4v) is 1.78. The largest absolute Gasteiger partial charge is 0.480 e. The Labute approximate surface area is 111 Å². The van der Waals surface area contributed by atoms with Gasteiger partial charge in [0.2, 0.25) is 0 Å². The summed E-state index contributed by atoms with van der Waals surface area (Å²) in [7, 11) is 0. The van der Waals surface area contributed by atoms with Crippen LogP contribution in [0.1, 0.15) is 31.7 Å². The molecule has 1 rings (SSSR count). The van der Waals surface area contributed by atoms with Crippen LogP contribution < -0.4 is 5.32 Å². The van der Waals surface area contributed by atoms with Crippen LogP contribution in [0.15, 0.2) is 18.2 Å². The first-order chi connectivity index (χ1) is 8.95. The third-order valence-corrected chi connectivity index (χ3v) is 2.82. The van der Waals surface area contributed by atoms with Gasteiger partial charge in [0.1, 0.15) is 11.7 Å². The van der Waals surface area contributed by atoms with Crippen molar-refractivity contribution >= 4 is 17.3 Å². The van der Waals surface area contributed by atoms with Gasteiger partial charge >= 0.3 is 5.97 Å². The highest BCUT2D eigenvalue weighted by Crippen LogP contribution is 2.26. The molecule has 0 fully saturated rings. The van der Waals surface area contributed by atoms with Gasteiger partial charge in [-0.05, 0) is 25.0 Å². The molecule has 1 aromatic carbocycles. The van der Waals surface area contributed by atoms with E-state index in [0.29, 0.717) is 6.42 Å². The maximum atomic E-state index is 11.1. The van der Waals surface area contributed by atoms with Crippen LogP contribution in [-0.2, 0) is 4.79 Å². The van der Waals surface area contributed by atoms with Crippen molar-refractivity contribution in [3.8, 4) is 0 Å². The minimum Gasteiger partial charge on any atom is -0.480 e. The number of anilines is 1. The van der Waals surface area contributed by atoms with Gasteiger partial charge in [-0.25, -0.2) is 4.79 Å². The van der Waals surface area contributed by atoms with Crippen molar-refractivity contribution in [2.24, 2.45) is 0 Å². The summed E-state index contributed by atoms with van der Waals surface area (Å²) in [5, 5.41) is 22.8. The van der Waals surface area contributed by atoms with Crippen LogP contribution in [0.2, 0.25) is 0 Å². The molecule has 0 aliphatic heterocycles. The number of carboxylic acid groups (broad SMARTS) is 1. The summed E-state index contributed by atoms with van der Waals surface area (Å²) >= 11 is 0. The lowest BCUT2D eigenvalue weighted by atomic mass is 10.1. The van der Waals surface area contributed by atoms with Crippen LogP contribution in [0.5, 0.6) is 0 Å². The molecule has 0 heterocycles. The highest BCUT2D eigenvalue weighted by molar-refractivity contribution is 5.79. The number of nitrogens with zero attached hydrogens (tertiary/aromatic N) is 1. The second-order valence-electron chi connectivity index (χ2n) is 4.46. The predicted molar refractivity (Wildman–Crippen MR) is 72.4 cm³/mol. The molecule has 6 nitrogen and oxygen atoms in total. The van der Waals surface area contributed by atoms with E-state index in [0.717, 1.165) is 18.4 Å². The van der Waals surface area contributed by atoms with E-state index in [9.17, 15) is 14.9 Å². The van der Waals surface area contributed by atoms with Crippen molar-refractivity contribution < 1.29 is 14.8 Å². The first kappa shape index (κ1) is 14.9. The number of unbranched alkanes of at least 4 members (excludes halogenated alkanes) is 1. The summed E-state index contributed by atoms with van der Waals surface area (Å²) in [4.78, 5) is 21.5. The number of hydrogen-bond donors (Lipinski definition) is 2. The van der Waals surface area contributed by atoms with E-state index in [-0.39, 0.29) is 11.4 Å². The van der Waals surface area contributed by atoms with E-state index >= 15 is 0 Å². The average molecular weight is 266 g/mol. The minimum atomic E-state index is -0.996. The number of carbonyl (C=O) groups is 1. The number of nitro benzene ring substituents is 1. The van der Waals surface area contributed by atoms with E-state index in [1.54, 1.807) is 19.1 Å². The molecule has 2 N–H and O–H groups in total. The summed E-state index contributed by atoms with van der Waals surface area (Å²) in [5.41, 5.74) is 0.995. The molecule has 0 amide bonds. The van der Waals surface area contributed by atoms with Gasteiger partial charge < -0.3 is 10.4 Å². The summed E-state index contributed by atoms with van der Waals surface area (Å²) in [5.74, 6) is -0.996. The number of nitro groups is 1. The molecule has 0 aliphatic rings. The van der Waals surface area contributed by atoms with Crippen LogP contribution in [0.3, 0.4) is 0 Å². The normalized spacial score (nSPS) is 11.9. The Bertz CT molecular complexity index is 474. The molecule has 0 aromatic heterocycles. The van der Waals surface area contributed by atoms with E-state index in [4.69, 9.17) is 5.11 Å². The van der Waals surface area contributed by atoms with E-state index in [1.165, 1.54) is 6.07 Å². The quantitative estimate of drug-likeness (QED) is 0.584. The Kier molecular flexibility index (Phi) is 5.29. The second kappa shape index (κ2) is 6.72. The highest BCUT2D eigenvalue weighted by Gasteiger charge is 2.21. The number of aliphatic carboxylic acids is 1. The average Bonchev–Trinajstić information content (AvgIpc) is 2.33. The topological polar surface area (TPSA) is 92.5 Å². The van der Waals surface area contributed by atoms with Crippen molar-refractivity contribution in [2.75, 3.05) is 5.32 Å². The zero-order valence-corrected chi connectivity index (χ0v) is 11.0. The van der Waals surface area contributed by atoms with E-state index < -0.39 is 16.9 Å². The van der Waals surface area contributed by atoms with Gasteiger partial charge in [-0.15, -0.1) is 0 Å². The summed E-state index contributed by atoms with van der Waals surface area (Å²) in [6.45, 7) is 3.77. The van der Waals surface area contributed by atoms with E-state index in [2.05, 4.69) is 5.32 Å². The number of nitrogens with one attached hydrogen (secondary N) is 1. The van der Waals surface area contributed by atoms with Crippen LogP contribution in [0, 0.1) is 17.0 Å². The molecule has 0 spiro atoms. The summed E-state index contributed by atoms with van der Waals surface area (Å²) in [6.07, 6.45) is 2.07. The van der Waals surface area contributed by atoms with Crippen molar-refractivity contribution in [2.45, 2.75) is 39.2 Å². The number of hydrogen-bond acceptors (Lipinski definition) is 4. The molecule has 19 heavy (non-hydrogen) atoms. The first-order valence-corrected chi connectivity index (χ1v) is 6.20. The number of benzene rings is 1. The molecule has 0 bridgehead atoms. The molecule has 0 saturated heterocycles. The number of aryl methyl sites for hydroxylation is 1. The Morgan fingerprint density at radius 3 is 2.74 bits per heavy atom. The lowest BCUT2D eigenvalue weighted by molar-refractivity contribution is -0.384. The van der Waals surface area contributed by atoms with Gasteiger partial charge in [-0.3, -0.25) is 10.1 Å². The Hall–Kier alpha value is -2.11. The lowest BCUT2D eigenvalue weighted by Crippen LogP contribution is -2.29. The molecule has 6 heteroatoms. The Morgan fingerprint density at radius 1 is 1.53 bits per heavy atom. The zero-order valence-electron chi connectivity index (χ0n) is 11.0. The van der Waals surface area contributed by atoms with E-state index in [1.807, 2.05) is 6.92 Å². The van der Waals surface area contributed by atoms with Crippen LogP contribution in [0.4, 0.5) is 11.4 Å². The molecule has 0 saturated carbocycles. The standard InChI is InChI=1S/C13H18N2O4/c1-3-4-5-10(13(16)17)14-11-8-9(2)6-7-12(11)15(18)19/h6-8,10,14H,3-5H2,1-2H3,(H,16,17). The van der Waals surface area contributed by atoms with Crippen LogP contribution in [-0.4, -0.2) is 22.0 Å². The van der Waals surface area contributed by atoms with Gasteiger partial charge in [0.15, 0.2) is 0 Å². The van der Waals surface area contributed by atoms with Crippen molar-refractivity contribution in [1.29, 1.82) is 0 Å². The van der Waals surface area contributed by atoms with Crippen molar-refractivity contribution in [3.63, 3.8) is 0 Å². The molecule has 104 valence electrons. The fourth-order valence-electron chi connectivity index (χ4n) is 1.78. The molecular weight excluding hydrogens is 248 g/mol. The molecular formula is C13H18N2O4. The molecule has 1 unspecified atom stereocenters. The van der Waals surface area contributed by atoms with Crippen molar-refractivity contribution in [1.82, 2.24) is 0 Å². The smallest absolute Gasteiger partial charge is 0.326 e. The maximum absolute atomic E-state index is 11.1.